The molecular formula is C34H49N3O5. The van der Waals surface area contributed by atoms with Crippen molar-refractivity contribution in [3.63, 3.8) is 0 Å². The van der Waals surface area contributed by atoms with Crippen LogP contribution >= 0.6 is 0 Å². The Morgan fingerprint density at radius 2 is 1.86 bits per heavy atom. The van der Waals surface area contributed by atoms with Crippen LogP contribution in [0.3, 0.4) is 0 Å². The van der Waals surface area contributed by atoms with Crippen molar-refractivity contribution in [1.82, 2.24) is 9.88 Å². The van der Waals surface area contributed by atoms with Gasteiger partial charge in [-0.25, -0.2) is 4.98 Å². The van der Waals surface area contributed by atoms with E-state index in [0.29, 0.717) is 30.0 Å². The van der Waals surface area contributed by atoms with Gasteiger partial charge in [0.1, 0.15) is 5.69 Å². The summed E-state index contributed by atoms with van der Waals surface area (Å²) in [6, 6.07) is 12.4. The number of likely N-dealkylation sites (tertiary alicyclic amines) is 1. The average Bonchev–Trinajstić information content (AvgIpc) is 3.04. The zero-order chi connectivity index (χ0) is 29.3. The van der Waals surface area contributed by atoms with Gasteiger partial charge in [0.25, 0.3) is 5.91 Å². The Bertz CT molecular complexity index is 1130. The first kappa shape index (κ1) is 30.8. The number of rotatable bonds is 11. The van der Waals surface area contributed by atoms with Crippen LogP contribution in [0.4, 0.5) is 5.69 Å². The van der Waals surface area contributed by atoms with Crippen LogP contribution in [-0.2, 0) is 14.2 Å². The second-order valence-electron chi connectivity index (χ2n) is 12.3. The number of ether oxygens (including phenoxy) is 4. The molecule has 3 aliphatic heterocycles. The van der Waals surface area contributed by atoms with Crippen LogP contribution in [0.1, 0.15) is 85.5 Å². The van der Waals surface area contributed by atoms with E-state index in [2.05, 4.69) is 41.5 Å². The molecule has 0 radical (unpaired) electrons. The summed E-state index contributed by atoms with van der Waals surface area (Å²) in [5.74, 6) is 1.70. The van der Waals surface area contributed by atoms with Crippen molar-refractivity contribution in [3.05, 3.63) is 53.2 Å². The molecule has 2 aromatic rings. The molecule has 42 heavy (non-hydrogen) atoms. The van der Waals surface area contributed by atoms with Gasteiger partial charge in [-0.05, 0) is 75.3 Å². The highest BCUT2D eigenvalue weighted by Gasteiger charge is 2.28. The maximum absolute atomic E-state index is 13.5. The summed E-state index contributed by atoms with van der Waals surface area (Å²) >= 11 is 0. The zero-order valence-electron chi connectivity index (χ0n) is 25.7. The van der Waals surface area contributed by atoms with E-state index in [9.17, 15) is 4.79 Å². The Hall–Kier alpha value is -2.68. The Kier molecular flexibility index (Phi) is 11.1. The van der Waals surface area contributed by atoms with Gasteiger partial charge in [-0.1, -0.05) is 42.7 Å². The van der Waals surface area contributed by atoms with Gasteiger partial charge in [-0.3, -0.25) is 4.79 Å². The first-order valence-corrected chi connectivity index (χ1v) is 15.9. The van der Waals surface area contributed by atoms with Gasteiger partial charge in [0.15, 0.2) is 0 Å². The molecule has 1 aromatic heterocycles. The number of hydrogen-bond acceptors (Lipinski definition) is 7. The van der Waals surface area contributed by atoms with Crippen LogP contribution in [0.25, 0.3) is 0 Å². The van der Waals surface area contributed by atoms with Crippen molar-refractivity contribution in [3.8, 4) is 5.88 Å². The third kappa shape index (κ3) is 8.23. The van der Waals surface area contributed by atoms with Crippen molar-refractivity contribution in [2.75, 3.05) is 52.4 Å². The van der Waals surface area contributed by atoms with Crippen LogP contribution in [0.2, 0.25) is 0 Å². The molecule has 3 aliphatic rings. The molecule has 0 saturated carbocycles. The summed E-state index contributed by atoms with van der Waals surface area (Å²) < 4.78 is 23.1. The predicted molar refractivity (Wildman–Crippen MR) is 164 cm³/mol. The number of pyridine rings is 1. The summed E-state index contributed by atoms with van der Waals surface area (Å²) in [7, 11) is 3.39. The number of amides is 1. The van der Waals surface area contributed by atoms with Gasteiger partial charge in [0.2, 0.25) is 5.88 Å². The van der Waals surface area contributed by atoms with E-state index in [1.165, 1.54) is 30.4 Å². The minimum atomic E-state index is -0.0195. The van der Waals surface area contributed by atoms with E-state index >= 15 is 0 Å². The molecule has 1 aromatic carbocycles. The monoisotopic (exact) mass is 579 g/mol. The Balaban J connectivity index is 1.10. The number of hydrogen-bond donors (Lipinski definition) is 1. The second-order valence-corrected chi connectivity index (χ2v) is 12.3. The quantitative estimate of drug-likeness (QED) is 0.340. The van der Waals surface area contributed by atoms with Gasteiger partial charge >= 0.3 is 0 Å². The molecule has 4 atom stereocenters. The number of methoxy groups -OCH3 is 2. The fourth-order valence-corrected chi connectivity index (χ4v) is 6.73. The van der Waals surface area contributed by atoms with E-state index in [-0.39, 0.29) is 24.2 Å². The van der Waals surface area contributed by atoms with Gasteiger partial charge in [0, 0.05) is 45.1 Å². The number of nitrogens with zero attached hydrogens (tertiary/aromatic N) is 2. The molecule has 1 unspecified atom stereocenters. The van der Waals surface area contributed by atoms with Crippen LogP contribution in [0, 0.1) is 18.8 Å². The Labute approximate surface area is 251 Å². The van der Waals surface area contributed by atoms with Crippen molar-refractivity contribution in [2.45, 2.75) is 83.0 Å². The number of anilines is 1. The molecule has 1 amide bonds. The number of aryl methyl sites for hydroxylation is 1. The molecule has 0 aliphatic carbocycles. The fraction of sp³-hybridized carbons (Fsp3) is 0.647. The highest BCUT2D eigenvalue weighted by Crippen LogP contribution is 2.32. The summed E-state index contributed by atoms with van der Waals surface area (Å²) in [5, 5.41) is 3.50. The summed E-state index contributed by atoms with van der Waals surface area (Å²) in [6.45, 7) is 5.91. The van der Waals surface area contributed by atoms with Crippen molar-refractivity contribution in [1.29, 1.82) is 0 Å². The smallest absolute Gasteiger partial charge is 0.272 e. The van der Waals surface area contributed by atoms with Crippen molar-refractivity contribution in [2.24, 2.45) is 11.8 Å². The highest BCUT2D eigenvalue weighted by molar-refractivity contribution is 5.93. The molecule has 8 nitrogen and oxygen atoms in total. The van der Waals surface area contributed by atoms with Crippen LogP contribution < -0.4 is 10.1 Å². The lowest BCUT2D eigenvalue weighted by Crippen LogP contribution is -2.39. The molecule has 5 rings (SSSR count). The van der Waals surface area contributed by atoms with Crippen molar-refractivity contribution >= 4 is 11.6 Å². The summed E-state index contributed by atoms with van der Waals surface area (Å²) in [6.07, 6.45) is 10.5. The topological polar surface area (TPSA) is 82.2 Å². The summed E-state index contributed by atoms with van der Waals surface area (Å²) in [4.78, 5) is 19.9. The number of aromatic nitrogens is 1. The molecule has 0 bridgehead atoms. The zero-order valence-corrected chi connectivity index (χ0v) is 25.7. The largest absolute Gasteiger partial charge is 0.481 e. The van der Waals surface area contributed by atoms with Crippen LogP contribution in [-0.4, -0.2) is 75.1 Å². The lowest BCUT2D eigenvalue weighted by atomic mass is 9.86. The third-order valence-corrected chi connectivity index (χ3v) is 9.39. The molecule has 1 N–H and O–H groups in total. The lowest BCUT2D eigenvalue weighted by molar-refractivity contribution is -0.0680. The van der Waals surface area contributed by atoms with E-state index in [0.717, 1.165) is 70.5 Å². The number of benzene rings is 1. The van der Waals surface area contributed by atoms with Gasteiger partial charge in [-0.15, -0.1) is 0 Å². The number of carbonyl (C=O) groups excluding carboxylic acids is 1. The van der Waals surface area contributed by atoms with E-state index in [1.807, 2.05) is 17.0 Å². The first-order valence-electron chi connectivity index (χ1n) is 15.9. The van der Waals surface area contributed by atoms with Gasteiger partial charge in [0.05, 0.1) is 32.0 Å². The molecule has 0 spiro atoms. The maximum Gasteiger partial charge on any atom is 0.272 e. The number of nitrogens with one attached hydrogen (secondary N) is 1. The maximum atomic E-state index is 13.5. The second kappa shape index (κ2) is 15.2. The third-order valence-electron chi connectivity index (χ3n) is 9.39. The molecule has 3 saturated heterocycles. The van der Waals surface area contributed by atoms with E-state index < -0.39 is 0 Å². The Morgan fingerprint density at radius 1 is 1.05 bits per heavy atom. The molecular weight excluding hydrogens is 530 g/mol. The number of carbonyl (C=O) groups is 1. The van der Waals surface area contributed by atoms with Crippen molar-refractivity contribution < 1.29 is 23.7 Å². The van der Waals surface area contributed by atoms with E-state index in [4.69, 9.17) is 18.9 Å². The Morgan fingerprint density at radius 3 is 2.62 bits per heavy atom. The first-order chi connectivity index (χ1) is 20.5. The minimum absolute atomic E-state index is 0.0195. The van der Waals surface area contributed by atoms with Gasteiger partial charge < -0.3 is 29.2 Å². The lowest BCUT2D eigenvalue weighted by Gasteiger charge is -2.33. The molecule has 8 heteroatoms. The highest BCUT2D eigenvalue weighted by atomic mass is 16.5. The number of piperidine rings is 1. The van der Waals surface area contributed by atoms with Crippen LogP contribution in [0.15, 0.2) is 36.4 Å². The standard InChI is InChI=1S/C34H49N3O5/c1-24-10-12-27(13-11-24)31-9-5-8-29(42-31)22-35-28-20-30(36-33(21-28)40-3)34(38)37-17-14-25(15-18-37)6-4-7-26-16-19-41-23-32(26)39-2/h10-13,20-21,25-26,29,31-32H,4-9,14-19,22-23H2,1-3H3,(H,35,36)/t26?,29-,31+,32-/m1/s1. The molecule has 4 heterocycles. The van der Waals surface area contributed by atoms with Crippen LogP contribution in [0.5, 0.6) is 5.88 Å². The normalized spacial score (nSPS) is 25.3. The molecule has 3 fully saturated rings. The fourth-order valence-electron chi connectivity index (χ4n) is 6.73. The van der Waals surface area contributed by atoms with E-state index in [1.54, 1.807) is 14.2 Å². The van der Waals surface area contributed by atoms with Gasteiger partial charge in [-0.2, -0.15) is 0 Å². The SMILES string of the molecule is COc1cc(NC[C@H]2CCC[C@@H](c3ccc(C)cc3)O2)cc(C(=O)N2CCC(CCCC3CCOC[C@H]3OC)CC2)n1. The summed E-state index contributed by atoms with van der Waals surface area (Å²) in [5.41, 5.74) is 3.77. The molecule has 230 valence electrons. The predicted octanol–water partition coefficient (Wildman–Crippen LogP) is 6.19. The average molecular weight is 580 g/mol. The minimum Gasteiger partial charge on any atom is -0.481 e.